The van der Waals surface area contributed by atoms with Crippen molar-refractivity contribution in [1.29, 1.82) is 0 Å². The van der Waals surface area contributed by atoms with Gasteiger partial charge in [0.1, 0.15) is 5.82 Å². The Morgan fingerprint density at radius 1 is 1.27 bits per heavy atom. The van der Waals surface area contributed by atoms with Gasteiger partial charge in [0, 0.05) is 9.26 Å². The van der Waals surface area contributed by atoms with E-state index < -0.39 is 11.7 Å². The molecule has 0 saturated carbocycles. The van der Waals surface area contributed by atoms with Crippen molar-refractivity contribution in [2.75, 3.05) is 5.32 Å². The van der Waals surface area contributed by atoms with Crippen LogP contribution in [0.4, 0.5) is 10.1 Å². The minimum absolute atomic E-state index is 0.206. The van der Waals surface area contributed by atoms with Crippen LogP contribution in [0.1, 0.15) is 15.9 Å². The summed E-state index contributed by atoms with van der Waals surface area (Å²) in [5.41, 5.74) is 2.95. The molecule has 0 aliphatic carbocycles. The fourth-order valence-electron chi connectivity index (χ4n) is 2.16. The van der Waals surface area contributed by atoms with E-state index in [0.29, 0.717) is 21.5 Å². The molecule has 7 heteroatoms. The Morgan fingerprint density at radius 3 is 2.77 bits per heavy atom. The Morgan fingerprint density at radius 2 is 2.05 bits per heavy atom. The van der Waals surface area contributed by atoms with Gasteiger partial charge in [-0.15, -0.1) is 0 Å². The number of nitrogens with one attached hydrogen (secondary N) is 3. The third-order valence-corrected chi connectivity index (χ3v) is 4.63. The predicted molar refractivity (Wildman–Crippen MR) is 95.3 cm³/mol. The van der Waals surface area contributed by atoms with Gasteiger partial charge in [0.25, 0.3) is 5.91 Å². The van der Waals surface area contributed by atoms with Crippen LogP contribution in [0.5, 0.6) is 0 Å². The predicted octanol–water partition coefficient (Wildman–Crippen LogP) is 4.53. The summed E-state index contributed by atoms with van der Waals surface area (Å²) < 4.78 is 15.1. The van der Waals surface area contributed by atoms with Crippen LogP contribution in [-0.4, -0.2) is 15.9 Å². The standard InChI is InChI=1S/C15H11FIN3OS/c1-7-2-3-9(6-11(7)17)18-14(21)10-4-8(16)5-12-13(10)20-15(22)19-12/h2-6H,1H3,(H,18,21)(H2,19,20,22). The number of carbonyl (C=O) groups excluding carboxylic acids is 1. The van der Waals surface area contributed by atoms with Crippen LogP contribution in [0.3, 0.4) is 0 Å². The first-order chi connectivity index (χ1) is 10.4. The lowest BCUT2D eigenvalue weighted by molar-refractivity contribution is 0.102. The lowest BCUT2D eigenvalue weighted by Gasteiger charge is -2.08. The molecule has 0 aliphatic rings. The Balaban J connectivity index is 2.01. The number of amides is 1. The molecule has 0 bridgehead atoms. The van der Waals surface area contributed by atoms with E-state index in [-0.39, 0.29) is 5.56 Å². The van der Waals surface area contributed by atoms with Crippen LogP contribution in [0.15, 0.2) is 30.3 Å². The van der Waals surface area contributed by atoms with Gasteiger partial charge in [-0.2, -0.15) is 0 Å². The fraction of sp³-hybridized carbons (Fsp3) is 0.0667. The van der Waals surface area contributed by atoms with Gasteiger partial charge in [0.15, 0.2) is 4.77 Å². The summed E-state index contributed by atoms with van der Waals surface area (Å²) in [6.07, 6.45) is 0. The monoisotopic (exact) mass is 427 g/mol. The van der Waals surface area contributed by atoms with Crippen molar-refractivity contribution in [1.82, 2.24) is 9.97 Å². The molecule has 0 radical (unpaired) electrons. The topological polar surface area (TPSA) is 60.7 Å². The minimum atomic E-state index is -0.499. The van der Waals surface area contributed by atoms with Crippen LogP contribution in [0.2, 0.25) is 0 Å². The second kappa shape index (κ2) is 5.81. The summed E-state index contributed by atoms with van der Waals surface area (Å²) in [6.45, 7) is 1.99. The molecule has 1 heterocycles. The number of halogens is 2. The van der Waals surface area contributed by atoms with Gasteiger partial charge in [-0.3, -0.25) is 4.79 Å². The molecule has 112 valence electrons. The number of H-pyrrole nitrogens is 2. The summed E-state index contributed by atoms with van der Waals surface area (Å²) in [4.78, 5) is 18.1. The van der Waals surface area contributed by atoms with E-state index >= 15 is 0 Å². The quantitative estimate of drug-likeness (QED) is 0.416. The number of carbonyl (C=O) groups is 1. The molecule has 1 aromatic heterocycles. The van der Waals surface area contributed by atoms with Crippen LogP contribution in [-0.2, 0) is 0 Å². The van der Waals surface area contributed by atoms with Crippen LogP contribution in [0.25, 0.3) is 11.0 Å². The lowest BCUT2D eigenvalue weighted by Crippen LogP contribution is -2.13. The average Bonchev–Trinajstić information content (AvgIpc) is 2.82. The number of anilines is 1. The fourth-order valence-corrected chi connectivity index (χ4v) is 2.88. The molecule has 0 aliphatic heterocycles. The number of hydrogen-bond acceptors (Lipinski definition) is 2. The van der Waals surface area contributed by atoms with Crippen molar-refractivity contribution in [2.24, 2.45) is 0 Å². The summed E-state index contributed by atoms with van der Waals surface area (Å²) in [5, 5.41) is 2.78. The zero-order valence-electron chi connectivity index (χ0n) is 11.5. The van der Waals surface area contributed by atoms with Gasteiger partial charge < -0.3 is 15.3 Å². The molecule has 0 atom stereocenters. The van der Waals surface area contributed by atoms with Crippen molar-refractivity contribution in [2.45, 2.75) is 6.92 Å². The first-order valence-corrected chi connectivity index (χ1v) is 7.92. The molecule has 3 rings (SSSR count). The third-order valence-electron chi connectivity index (χ3n) is 3.26. The van der Waals surface area contributed by atoms with E-state index in [9.17, 15) is 9.18 Å². The zero-order valence-corrected chi connectivity index (χ0v) is 14.4. The average molecular weight is 427 g/mol. The van der Waals surface area contributed by atoms with E-state index in [2.05, 4.69) is 37.9 Å². The van der Waals surface area contributed by atoms with Crippen LogP contribution < -0.4 is 5.32 Å². The number of rotatable bonds is 2. The first-order valence-electron chi connectivity index (χ1n) is 6.43. The first kappa shape index (κ1) is 15.2. The van der Waals surface area contributed by atoms with E-state index in [4.69, 9.17) is 12.2 Å². The SMILES string of the molecule is Cc1ccc(NC(=O)c2cc(F)cc3[nH]c(=S)[nH]c23)cc1I. The zero-order chi connectivity index (χ0) is 15.9. The lowest BCUT2D eigenvalue weighted by atomic mass is 10.1. The van der Waals surface area contributed by atoms with Crippen molar-refractivity contribution in [3.63, 3.8) is 0 Å². The van der Waals surface area contributed by atoms with E-state index in [0.717, 1.165) is 9.13 Å². The highest BCUT2D eigenvalue weighted by Gasteiger charge is 2.14. The molecule has 0 unspecified atom stereocenters. The maximum Gasteiger partial charge on any atom is 0.257 e. The Bertz CT molecular complexity index is 948. The molecule has 3 N–H and O–H groups in total. The molecule has 1 amide bonds. The number of hydrogen-bond donors (Lipinski definition) is 3. The Kier molecular flexibility index (Phi) is 4.00. The van der Waals surface area contributed by atoms with Crippen molar-refractivity contribution >= 4 is 57.4 Å². The summed E-state index contributed by atoms with van der Waals surface area (Å²) in [6, 6.07) is 8.08. The smallest absolute Gasteiger partial charge is 0.257 e. The van der Waals surface area contributed by atoms with Gasteiger partial charge in [-0.1, -0.05) is 6.07 Å². The van der Waals surface area contributed by atoms with Gasteiger partial charge >= 0.3 is 0 Å². The van der Waals surface area contributed by atoms with Gasteiger partial charge in [0.05, 0.1) is 16.6 Å². The minimum Gasteiger partial charge on any atom is -0.331 e. The van der Waals surface area contributed by atoms with Gasteiger partial charge in [-0.05, 0) is 71.6 Å². The molecule has 0 fully saturated rings. The number of aryl methyl sites for hydroxylation is 1. The summed E-state index contributed by atoms with van der Waals surface area (Å²) in [7, 11) is 0. The number of imidazole rings is 1. The van der Waals surface area contributed by atoms with Crippen LogP contribution in [0, 0.1) is 21.1 Å². The summed E-state index contributed by atoms with van der Waals surface area (Å²) in [5.74, 6) is -0.893. The van der Waals surface area contributed by atoms with Crippen molar-refractivity contribution in [3.8, 4) is 0 Å². The highest BCUT2D eigenvalue weighted by Crippen LogP contribution is 2.21. The Labute approximate surface area is 144 Å². The molecule has 0 saturated heterocycles. The molecule has 4 nitrogen and oxygen atoms in total. The number of fused-ring (bicyclic) bond motifs is 1. The molecule has 2 aromatic carbocycles. The Hall–Kier alpha value is -1.74. The number of benzene rings is 2. The number of aromatic nitrogens is 2. The van der Waals surface area contributed by atoms with Gasteiger partial charge in [0.2, 0.25) is 0 Å². The molecular weight excluding hydrogens is 416 g/mol. The third kappa shape index (κ3) is 2.91. The highest BCUT2D eigenvalue weighted by molar-refractivity contribution is 14.1. The number of aromatic amines is 2. The van der Waals surface area contributed by atoms with Crippen molar-refractivity contribution < 1.29 is 9.18 Å². The highest BCUT2D eigenvalue weighted by atomic mass is 127. The van der Waals surface area contributed by atoms with E-state index in [1.54, 1.807) is 0 Å². The second-order valence-corrected chi connectivity index (χ2v) is 6.44. The maximum absolute atomic E-state index is 13.7. The normalized spacial score (nSPS) is 10.9. The molecular formula is C15H11FIN3OS. The van der Waals surface area contributed by atoms with E-state index in [1.807, 2.05) is 25.1 Å². The van der Waals surface area contributed by atoms with Crippen molar-refractivity contribution in [3.05, 3.63) is 55.6 Å². The molecule has 0 spiro atoms. The largest absolute Gasteiger partial charge is 0.331 e. The van der Waals surface area contributed by atoms with Gasteiger partial charge in [-0.25, -0.2) is 4.39 Å². The van der Waals surface area contributed by atoms with E-state index in [1.165, 1.54) is 12.1 Å². The second-order valence-electron chi connectivity index (χ2n) is 4.87. The summed E-state index contributed by atoms with van der Waals surface area (Å²) >= 11 is 7.20. The maximum atomic E-state index is 13.7. The molecule has 3 aromatic rings. The molecule has 22 heavy (non-hydrogen) atoms. The van der Waals surface area contributed by atoms with Crippen LogP contribution >= 0.6 is 34.8 Å².